The van der Waals surface area contributed by atoms with Crippen LogP contribution in [0.25, 0.3) is 0 Å². The Morgan fingerprint density at radius 2 is 2.33 bits per heavy atom. The van der Waals surface area contributed by atoms with Gasteiger partial charge in [0.1, 0.15) is 0 Å². The fourth-order valence-electron chi connectivity index (χ4n) is 1.62. The number of nitrogens with zero attached hydrogens (tertiary/aromatic N) is 2. The molecule has 1 heterocycles. The second kappa shape index (κ2) is 4.80. The molecule has 0 bridgehead atoms. The van der Waals surface area contributed by atoms with Crippen LogP contribution in [0.5, 0.6) is 0 Å². The minimum Gasteiger partial charge on any atom is -0.310 e. The maximum atomic E-state index is 3.53. The topological polar surface area (TPSA) is 18.5 Å². The Morgan fingerprint density at radius 3 is 2.92 bits per heavy atom. The van der Waals surface area contributed by atoms with E-state index in [2.05, 4.69) is 36.1 Å². The largest absolute Gasteiger partial charge is 0.310 e. The van der Waals surface area contributed by atoms with Crippen molar-refractivity contribution in [3.8, 4) is 0 Å². The number of likely N-dealkylation sites (N-methyl/N-ethyl adjacent to an activating group) is 2. The normalized spacial score (nSPS) is 26.5. The number of nitrogens with one attached hydrogen (secondary N) is 1. The molecule has 1 fully saturated rings. The molecular weight excluding hydrogens is 150 g/mol. The van der Waals surface area contributed by atoms with E-state index in [0.717, 1.165) is 13.1 Å². The molecule has 0 aromatic heterocycles. The Labute approximate surface area is 75.7 Å². The first kappa shape index (κ1) is 9.96. The van der Waals surface area contributed by atoms with E-state index in [1.165, 1.54) is 19.6 Å². The molecular formula is C9H21N3. The molecule has 0 spiro atoms. The predicted octanol–water partition coefficient (Wildman–Crippen LogP) is -0.158. The molecule has 3 nitrogen and oxygen atoms in total. The molecule has 1 unspecified atom stereocenters. The van der Waals surface area contributed by atoms with Crippen LogP contribution in [0.4, 0.5) is 0 Å². The highest BCUT2D eigenvalue weighted by molar-refractivity contribution is 4.78. The molecule has 1 rings (SSSR count). The van der Waals surface area contributed by atoms with Crippen molar-refractivity contribution in [2.75, 3.05) is 46.8 Å². The third-order valence-electron chi connectivity index (χ3n) is 2.53. The van der Waals surface area contributed by atoms with Gasteiger partial charge in [-0.3, -0.25) is 0 Å². The second-order valence-electron chi connectivity index (χ2n) is 3.77. The first-order chi connectivity index (χ1) is 5.72. The Balaban J connectivity index is 2.22. The van der Waals surface area contributed by atoms with Gasteiger partial charge < -0.3 is 15.1 Å². The van der Waals surface area contributed by atoms with Crippen LogP contribution in [0.1, 0.15) is 6.92 Å². The van der Waals surface area contributed by atoms with Gasteiger partial charge in [0.15, 0.2) is 0 Å². The van der Waals surface area contributed by atoms with E-state index in [4.69, 9.17) is 0 Å². The van der Waals surface area contributed by atoms with Crippen LogP contribution < -0.4 is 5.32 Å². The van der Waals surface area contributed by atoms with E-state index in [0.29, 0.717) is 6.04 Å². The van der Waals surface area contributed by atoms with Crippen molar-refractivity contribution in [3.63, 3.8) is 0 Å². The fraction of sp³-hybridized carbons (Fsp3) is 1.00. The summed E-state index contributed by atoms with van der Waals surface area (Å²) in [6.07, 6.45) is 0. The molecule has 12 heavy (non-hydrogen) atoms. The van der Waals surface area contributed by atoms with Crippen molar-refractivity contribution in [3.05, 3.63) is 0 Å². The zero-order valence-electron chi connectivity index (χ0n) is 8.51. The van der Waals surface area contributed by atoms with Crippen molar-refractivity contribution in [1.29, 1.82) is 0 Å². The average Bonchev–Trinajstić information content (AvgIpc) is 2.04. The molecule has 0 aromatic rings. The molecule has 0 radical (unpaired) electrons. The van der Waals surface area contributed by atoms with E-state index in [1.807, 2.05) is 0 Å². The van der Waals surface area contributed by atoms with Gasteiger partial charge in [0.2, 0.25) is 0 Å². The summed E-state index contributed by atoms with van der Waals surface area (Å²) < 4.78 is 0. The molecule has 0 amide bonds. The molecule has 1 atom stereocenters. The number of rotatable bonds is 3. The summed E-state index contributed by atoms with van der Waals surface area (Å²) in [5, 5.41) is 3.53. The molecule has 0 aromatic carbocycles. The lowest BCUT2D eigenvalue weighted by Crippen LogP contribution is -2.53. The van der Waals surface area contributed by atoms with Crippen molar-refractivity contribution >= 4 is 0 Å². The molecule has 0 saturated carbocycles. The van der Waals surface area contributed by atoms with E-state index >= 15 is 0 Å². The zero-order valence-corrected chi connectivity index (χ0v) is 8.51. The fourth-order valence-corrected chi connectivity index (χ4v) is 1.62. The van der Waals surface area contributed by atoms with Crippen LogP contribution >= 0.6 is 0 Å². The summed E-state index contributed by atoms with van der Waals surface area (Å²) in [5.74, 6) is 0. The van der Waals surface area contributed by atoms with E-state index in [1.54, 1.807) is 0 Å². The molecule has 1 N–H and O–H groups in total. The monoisotopic (exact) mass is 171 g/mol. The van der Waals surface area contributed by atoms with Crippen LogP contribution in [0.2, 0.25) is 0 Å². The van der Waals surface area contributed by atoms with Gasteiger partial charge in [-0.1, -0.05) is 6.92 Å². The standard InChI is InChI=1S/C9H21N3/c1-4-11(2)7-9-8-12(3)6-5-10-9/h9-10H,4-8H2,1-3H3. The summed E-state index contributed by atoms with van der Waals surface area (Å²) >= 11 is 0. The van der Waals surface area contributed by atoms with Gasteiger partial charge in [-0.25, -0.2) is 0 Å². The number of hydrogen-bond acceptors (Lipinski definition) is 3. The van der Waals surface area contributed by atoms with Crippen LogP contribution in [-0.2, 0) is 0 Å². The van der Waals surface area contributed by atoms with Gasteiger partial charge >= 0.3 is 0 Å². The summed E-state index contributed by atoms with van der Waals surface area (Å²) in [4.78, 5) is 4.75. The minimum atomic E-state index is 0.661. The highest BCUT2D eigenvalue weighted by atomic mass is 15.2. The zero-order chi connectivity index (χ0) is 8.97. The molecule has 0 aliphatic carbocycles. The van der Waals surface area contributed by atoms with E-state index in [-0.39, 0.29) is 0 Å². The maximum Gasteiger partial charge on any atom is 0.0322 e. The van der Waals surface area contributed by atoms with Gasteiger partial charge in [-0.05, 0) is 20.6 Å². The van der Waals surface area contributed by atoms with Gasteiger partial charge in [0, 0.05) is 32.2 Å². The van der Waals surface area contributed by atoms with Crippen molar-refractivity contribution < 1.29 is 0 Å². The summed E-state index contributed by atoms with van der Waals surface area (Å²) in [6.45, 7) is 8.02. The van der Waals surface area contributed by atoms with Crippen LogP contribution in [-0.4, -0.2) is 62.7 Å². The minimum absolute atomic E-state index is 0.661. The van der Waals surface area contributed by atoms with Crippen molar-refractivity contribution in [2.24, 2.45) is 0 Å². The van der Waals surface area contributed by atoms with Gasteiger partial charge in [-0.15, -0.1) is 0 Å². The average molecular weight is 171 g/mol. The lowest BCUT2D eigenvalue weighted by atomic mass is 10.2. The third-order valence-corrected chi connectivity index (χ3v) is 2.53. The highest BCUT2D eigenvalue weighted by Gasteiger charge is 2.16. The Bertz CT molecular complexity index is 127. The lowest BCUT2D eigenvalue weighted by Gasteiger charge is -2.33. The molecule has 72 valence electrons. The highest BCUT2D eigenvalue weighted by Crippen LogP contribution is 1.97. The summed E-state index contributed by atoms with van der Waals surface area (Å²) in [7, 11) is 4.37. The molecule has 3 heteroatoms. The summed E-state index contributed by atoms with van der Waals surface area (Å²) in [5.41, 5.74) is 0. The van der Waals surface area contributed by atoms with E-state index < -0.39 is 0 Å². The Kier molecular flexibility index (Phi) is 3.98. The van der Waals surface area contributed by atoms with Crippen LogP contribution in [0, 0.1) is 0 Å². The number of hydrogen-bond donors (Lipinski definition) is 1. The predicted molar refractivity (Wildman–Crippen MR) is 52.5 cm³/mol. The van der Waals surface area contributed by atoms with Gasteiger partial charge in [0.25, 0.3) is 0 Å². The van der Waals surface area contributed by atoms with Crippen molar-refractivity contribution in [2.45, 2.75) is 13.0 Å². The first-order valence-corrected chi connectivity index (χ1v) is 4.83. The Hall–Kier alpha value is -0.120. The van der Waals surface area contributed by atoms with Crippen LogP contribution in [0.15, 0.2) is 0 Å². The SMILES string of the molecule is CCN(C)CC1CN(C)CCN1. The first-order valence-electron chi connectivity index (χ1n) is 4.83. The quantitative estimate of drug-likeness (QED) is 0.637. The van der Waals surface area contributed by atoms with Gasteiger partial charge in [-0.2, -0.15) is 0 Å². The van der Waals surface area contributed by atoms with Gasteiger partial charge in [0.05, 0.1) is 0 Å². The third kappa shape index (κ3) is 3.09. The van der Waals surface area contributed by atoms with Crippen molar-refractivity contribution in [1.82, 2.24) is 15.1 Å². The second-order valence-corrected chi connectivity index (χ2v) is 3.77. The molecule has 1 saturated heterocycles. The number of piperazine rings is 1. The van der Waals surface area contributed by atoms with E-state index in [9.17, 15) is 0 Å². The molecule has 1 aliphatic rings. The molecule has 1 aliphatic heterocycles. The summed E-state index contributed by atoms with van der Waals surface area (Å²) in [6, 6.07) is 0.661. The van der Waals surface area contributed by atoms with Crippen LogP contribution in [0.3, 0.4) is 0 Å². The lowest BCUT2D eigenvalue weighted by molar-refractivity contribution is 0.199. The Morgan fingerprint density at radius 1 is 1.58 bits per heavy atom. The maximum absolute atomic E-state index is 3.53. The smallest absolute Gasteiger partial charge is 0.0322 e.